The maximum Gasteiger partial charge on any atom is 0.333 e. The number of methoxy groups -OCH3 is 1. The highest BCUT2D eigenvalue weighted by Gasteiger charge is 2.28. The van der Waals surface area contributed by atoms with Crippen LogP contribution in [0.15, 0.2) is 55.1 Å². The van der Waals surface area contributed by atoms with Gasteiger partial charge >= 0.3 is 11.9 Å². The van der Waals surface area contributed by atoms with Crippen molar-refractivity contribution < 1.29 is 28.5 Å². The zero-order valence-corrected chi connectivity index (χ0v) is 21.2. The van der Waals surface area contributed by atoms with Gasteiger partial charge in [-0.1, -0.05) is 20.1 Å². The Morgan fingerprint density at radius 2 is 1.78 bits per heavy atom. The molecule has 8 heteroatoms. The number of esters is 2. The maximum atomic E-state index is 13.0. The molecule has 2 aromatic carbocycles. The van der Waals surface area contributed by atoms with Crippen molar-refractivity contribution in [1.82, 2.24) is 0 Å². The van der Waals surface area contributed by atoms with Gasteiger partial charge in [-0.2, -0.15) is 5.26 Å². The highest BCUT2D eigenvalue weighted by atomic mass is 16.6. The molecule has 0 heterocycles. The summed E-state index contributed by atoms with van der Waals surface area (Å²) in [6.07, 6.45) is 0.681. The summed E-state index contributed by atoms with van der Waals surface area (Å²) < 4.78 is 22.0. The number of nitrogens with zero attached hydrogens (tertiary/aromatic N) is 1. The van der Waals surface area contributed by atoms with E-state index in [2.05, 4.69) is 24.5 Å². The maximum absolute atomic E-state index is 13.0. The number of rotatable bonds is 13. The highest BCUT2D eigenvalue weighted by Crippen LogP contribution is 2.37. The van der Waals surface area contributed by atoms with Crippen LogP contribution in [-0.2, 0) is 30.2 Å². The smallest absolute Gasteiger partial charge is 0.333 e. The molecule has 2 aromatic rings. The molecule has 1 atom stereocenters. The Morgan fingerprint density at radius 3 is 2.33 bits per heavy atom. The van der Waals surface area contributed by atoms with Gasteiger partial charge in [0.15, 0.2) is 6.04 Å². The first-order valence-corrected chi connectivity index (χ1v) is 11.5. The Hall–Kier alpha value is -4.25. The topological polar surface area (TPSA) is 107 Å². The number of carbonyl (C=O) groups is 2. The molecule has 0 aliphatic rings. The van der Waals surface area contributed by atoms with E-state index in [0.717, 1.165) is 5.56 Å². The predicted octanol–water partition coefficient (Wildman–Crippen LogP) is 4.95. The molecule has 0 saturated carbocycles. The molecule has 0 aromatic heterocycles. The molecule has 190 valence electrons. The monoisotopic (exact) mass is 492 g/mol. The van der Waals surface area contributed by atoms with E-state index in [1.807, 2.05) is 26.0 Å². The lowest BCUT2D eigenvalue weighted by Crippen LogP contribution is -2.24. The Labute approximate surface area is 212 Å². The van der Waals surface area contributed by atoms with Crippen LogP contribution in [0.3, 0.4) is 0 Å². The molecule has 0 amide bonds. The van der Waals surface area contributed by atoms with Crippen LogP contribution in [0.25, 0.3) is 5.76 Å². The SMILES string of the molecule is C=C(C)C(=O)OCCOc1c(C(=C)OCC)cc(CC)cc1C(Nc1ccc(C#N)cc1)C(=O)OC. The van der Waals surface area contributed by atoms with Crippen molar-refractivity contribution in [3.8, 4) is 11.8 Å². The van der Waals surface area contributed by atoms with Crippen molar-refractivity contribution in [2.24, 2.45) is 0 Å². The van der Waals surface area contributed by atoms with Gasteiger partial charge in [0.25, 0.3) is 0 Å². The molecule has 0 bridgehead atoms. The van der Waals surface area contributed by atoms with Gasteiger partial charge in [0.05, 0.1) is 30.9 Å². The van der Waals surface area contributed by atoms with Gasteiger partial charge in [0, 0.05) is 16.8 Å². The predicted molar refractivity (Wildman–Crippen MR) is 137 cm³/mol. The van der Waals surface area contributed by atoms with Crippen LogP contribution in [0.2, 0.25) is 0 Å². The molecule has 0 saturated heterocycles. The van der Waals surface area contributed by atoms with E-state index in [-0.39, 0.29) is 18.8 Å². The van der Waals surface area contributed by atoms with Crippen LogP contribution in [0.4, 0.5) is 5.69 Å². The van der Waals surface area contributed by atoms with Crippen LogP contribution >= 0.6 is 0 Å². The largest absolute Gasteiger partial charge is 0.494 e. The Bertz CT molecular complexity index is 1150. The fraction of sp³-hybridized carbons (Fsp3) is 0.321. The van der Waals surface area contributed by atoms with E-state index in [4.69, 9.17) is 24.2 Å². The second-order valence-electron chi connectivity index (χ2n) is 7.83. The molecule has 0 spiro atoms. The molecule has 0 fully saturated rings. The Kier molecular flexibility index (Phi) is 10.6. The number of benzene rings is 2. The lowest BCUT2D eigenvalue weighted by atomic mass is 9.96. The van der Waals surface area contributed by atoms with Gasteiger partial charge in [0.1, 0.15) is 24.7 Å². The van der Waals surface area contributed by atoms with Crippen LogP contribution in [0.1, 0.15) is 49.1 Å². The summed E-state index contributed by atoms with van der Waals surface area (Å²) in [5, 5.41) is 12.3. The minimum atomic E-state index is -0.949. The third kappa shape index (κ3) is 7.37. The summed E-state index contributed by atoms with van der Waals surface area (Å²) in [7, 11) is 1.30. The number of aryl methyl sites for hydroxylation is 1. The van der Waals surface area contributed by atoms with Crippen LogP contribution in [0, 0.1) is 11.3 Å². The first-order valence-electron chi connectivity index (χ1n) is 11.5. The van der Waals surface area contributed by atoms with E-state index < -0.39 is 18.0 Å². The zero-order valence-electron chi connectivity index (χ0n) is 21.2. The molecule has 36 heavy (non-hydrogen) atoms. The average Bonchev–Trinajstić information content (AvgIpc) is 2.89. The molecular formula is C28H32N2O6. The summed E-state index contributed by atoms with van der Waals surface area (Å²) in [6, 6.07) is 11.6. The second kappa shape index (κ2) is 13.6. The lowest BCUT2D eigenvalue weighted by Gasteiger charge is -2.24. The van der Waals surface area contributed by atoms with Gasteiger partial charge in [-0.05, 0) is 62.2 Å². The van der Waals surface area contributed by atoms with Gasteiger partial charge in [-0.3, -0.25) is 0 Å². The number of nitriles is 1. The minimum Gasteiger partial charge on any atom is -0.494 e. The van der Waals surface area contributed by atoms with Gasteiger partial charge in [-0.15, -0.1) is 0 Å². The number of hydrogen-bond acceptors (Lipinski definition) is 8. The van der Waals surface area contributed by atoms with E-state index in [9.17, 15) is 9.59 Å². The van der Waals surface area contributed by atoms with E-state index in [1.54, 1.807) is 31.2 Å². The van der Waals surface area contributed by atoms with Gasteiger partial charge in [-0.25, -0.2) is 9.59 Å². The van der Waals surface area contributed by atoms with Crippen molar-refractivity contribution in [2.45, 2.75) is 33.2 Å². The Morgan fingerprint density at radius 1 is 1.08 bits per heavy atom. The molecular weight excluding hydrogens is 460 g/mol. The summed E-state index contributed by atoms with van der Waals surface area (Å²) in [4.78, 5) is 24.7. The van der Waals surface area contributed by atoms with E-state index in [0.29, 0.717) is 46.9 Å². The molecule has 1 N–H and O–H groups in total. The normalized spacial score (nSPS) is 11.0. The first kappa shape index (κ1) is 28.0. The number of ether oxygens (including phenoxy) is 4. The minimum absolute atomic E-state index is 0.0207. The summed E-state index contributed by atoms with van der Waals surface area (Å²) in [6.45, 7) is 13.4. The lowest BCUT2D eigenvalue weighted by molar-refractivity contribution is -0.141. The number of anilines is 1. The summed E-state index contributed by atoms with van der Waals surface area (Å²) in [5.41, 5.74) is 3.40. The van der Waals surface area contributed by atoms with Gasteiger partial charge in [0.2, 0.25) is 0 Å². The summed E-state index contributed by atoms with van der Waals surface area (Å²) >= 11 is 0. The van der Waals surface area contributed by atoms with Crippen LogP contribution in [-0.4, -0.2) is 38.9 Å². The average molecular weight is 493 g/mol. The number of hydrogen-bond donors (Lipinski definition) is 1. The molecule has 8 nitrogen and oxygen atoms in total. The third-order valence-corrected chi connectivity index (χ3v) is 5.19. The third-order valence-electron chi connectivity index (χ3n) is 5.19. The van der Waals surface area contributed by atoms with Crippen LogP contribution < -0.4 is 10.1 Å². The van der Waals surface area contributed by atoms with Crippen LogP contribution in [0.5, 0.6) is 5.75 Å². The van der Waals surface area contributed by atoms with Crippen molar-refractivity contribution in [1.29, 1.82) is 5.26 Å². The summed E-state index contributed by atoms with van der Waals surface area (Å²) in [5.74, 6) is -0.327. The fourth-order valence-corrected chi connectivity index (χ4v) is 3.34. The quantitative estimate of drug-likeness (QED) is 0.181. The first-order chi connectivity index (χ1) is 17.2. The number of nitrogens with one attached hydrogen (secondary N) is 1. The molecule has 1 unspecified atom stereocenters. The number of carbonyl (C=O) groups excluding carboxylic acids is 2. The fourth-order valence-electron chi connectivity index (χ4n) is 3.34. The van der Waals surface area contributed by atoms with E-state index in [1.165, 1.54) is 7.11 Å². The zero-order chi connectivity index (χ0) is 26.7. The Balaban J connectivity index is 2.55. The molecule has 0 aliphatic heterocycles. The molecule has 0 aliphatic carbocycles. The highest BCUT2D eigenvalue weighted by molar-refractivity contribution is 5.87. The molecule has 0 radical (unpaired) electrons. The molecule has 2 rings (SSSR count). The van der Waals surface area contributed by atoms with Crippen molar-refractivity contribution in [3.63, 3.8) is 0 Å². The van der Waals surface area contributed by atoms with Crippen molar-refractivity contribution in [2.75, 3.05) is 32.2 Å². The van der Waals surface area contributed by atoms with Crippen molar-refractivity contribution >= 4 is 23.4 Å². The standard InChI is InChI=1S/C28H32N2O6/c1-7-20-15-23(19(5)34-8-2)26(35-13-14-36-27(31)18(3)4)24(16-20)25(28(32)33-6)30-22-11-9-21(17-29)10-12-22/h9-12,15-16,25,30H,3,5,7-8,13-14H2,1-2,4,6H3. The second-order valence-corrected chi connectivity index (χ2v) is 7.83. The van der Waals surface area contributed by atoms with Gasteiger partial charge < -0.3 is 24.3 Å². The van der Waals surface area contributed by atoms with E-state index >= 15 is 0 Å². The van der Waals surface area contributed by atoms with Crippen molar-refractivity contribution in [3.05, 3.63) is 77.4 Å².